The summed E-state index contributed by atoms with van der Waals surface area (Å²) in [6.07, 6.45) is 0. The van der Waals surface area contributed by atoms with Gasteiger partial charge in [0.15, 0.2) is 0 Å². The quantitative estimate of drug-likeness (QED) is 0.826. The van der Waals surface area contributed by atoms with Crippen LogP contribution in [0.1, 0.15) is 11.4 Å². The van der Waals surface area contributed by atoms with Gasteiger partial charge in [-0.05, 0) is 25.1 Å². The third-order valence-corrected chi connectivity index (χ3v) is 2.35. The molecule has 0 aliphatic carbocycles. The lowest BCUT2D eigenvalue weighted by Gasteiger charge is -2.05. The molecule has 1 aromatic carbocycles. The van der Waals surface area contributed by atoms with Crippen molar-refractivity contribution in [1.82, 2.24) is 9.78 Å². The monoisotopic (exact) mass is 201 g/mol. The van der Waals surface area contributed by atoms with Crippen LogP contribution in [0.5, 0.6) is 0 Å². The summed E-state index contributed by atoms with van der Waals surface area (Å²) in [5, 5.41) is 7.65. The van der Waals surface area contributed by atoms with Gasteiger partial charge in [-0.3, -0.25) is 4.68 Å². The Labute approximate surface area is 89.7 Å². The molecule has 0 saturated carbocycles. The van der Waals surface area contributed by atoms with Crippen LogP contribution in [0.3, 0.4) is 0 Å². The molecule has 3 nitrogen and oxygen atoms in total. The van der Waals surface area contributed by atoms with Gasteiger partial charge in [0.2, 0.25) is 0 Å². The maximum atomic E-state index is 4.30. The first kappa shape index (κ1) is 9.77. The standard InChI is InChI=1S/C12H15N3/c1-10-8-12(15(2)14-10)9-13-11-6-4-3-5-7-11/h3-8,13H,9H2,1-2H3. The van der Waals surface area contributed by atoms with Crippen molar-refractivity contribution in [2.45, 2.75) is 13.5 Å². The predicted molar refractivity (Wildman–Crippen MR) is 61.7 cm³/mol. The third-order valence-electron chi connectivity index (χ3n) is 2.35. The number of anilines is 1. The van der Waals surface area contributed by atoms with E-state index in [0.717, 1.165) is 17.9 Å². The van der Waals surface area contributed by atoms with Crippen molar-refractivity contribution >= 4 is 5.69 Å². The van der Waals surface area contributed by atoms with Crippen LogP contribution in [-0.2, 0) is 13.6 Å². The molecule has 2 aromatic rings. The highest BCUT2D eigenvalue weighted by Crippen LogP contribution is 2.08. The molecule has 0 aliphatic rings. The molecule has 1 N–H and O–H groups in total. The van der Waals surface area contributed by atoms with Gasteiger partial charge in [0.1, 0.15) is 0 Å². The fourth-order valence-corrected chi connectivity index (χ4v) is 1.58. The van der Waals surface area contributed by atoms with E-state index in [-0.39, 0.29) is 0 Å². The summed E-state index contributed by atoms with van der Waals surface area (Å²) < 4.78 is 1.91. The second-order valence-corrected chi connectivity index (χ2v) is 3.62. The number of nitrogens with zero attached hydrogens (tertiary/aromatic N) is 2. The Balaban J connectivity index is 2.02. The summed E-state index contributed by atoms with van der Waals surface area (Å²) in [7, 11) is 1.97. The molecule has 3 heteroatoms. The zero-order valence-corrected chi connectivity index (χ0v) is 9.07. The van der Waals surface area contributed by atoms with E-state index >= 15 is 0 Å². The number of hydrogen-bond donors (Lipinski definition) is 1. The molecule has 15 heavy (non-hydrogen) atoms. The van der Waals surface area contributed by atoms with E-state index < -0.39 is 0 Å². The fourth-order valence-electron chi connectivity index (χ4n) is 1.58. The lowest BCUT2D eigenvalue weighted by Crippen LogP contribution is -2.05. The number of nitrogens with one attached hydrogen (secondary N) is 1. The van der Waals surface area contributed by atoms with E-state index in [9.17, 15) is 0 Å². The number of hydrogen-bond acceptors (Lipinski definition) is 2. The van der Waals surface area contributed by atoms with Crippen LogP contribution in [0.25, 0.3) is 0 Å². The van der Waals surface area contributed by atoms with Crippen molar-refractivity contribution in [3.05, 3.63) is 47.8 Å². The Bertz CT molecular complexity index is 431. The average Bonchev–Trinajstić information content (AvgIpc) is 2.56. The summed E-state index contributed by atoms with van der Waals surface area (Å²) in [5.41, 5.74) is 3.38. The van der Waals surface area contributed by atoms with E-state index in [0.29, 0.717) is 0 Å². The SMILES string of the molecule is Cc1cc(CNc2ccccc2)n(C)n1. The zero-order chi connectivity index (χ0) is 10.7. The second-order valence-electron chi connectivity index (χ2n) is 3.62. The number of para-hydroxylation sites is 1. The van der Waals surface area contributed by atoms with Crippen LogP contribution in [0.2, 0.25) is 0 Å². The molecule has 0 spiro atoms. The minimum Gasteiger partial charge on any atom is -0.379 e. The molecular formula is C12H15N3. The maximum absolute atomic E-state index is 4.30. The van der Waals surface area contributed by atoms with E-state index in [2.05, 4.69) is 28.6 Å². The molecule has 0 amide bonds. The molecule has 2 rings (SSSR count). The summed E-state index contributed by atoms with van der Waals surface area (Å²) in [4.78, 5) is 0. The predicted octanol–water partition coefficient (Wildman–Crippen LogP) is 2.34. The van der Waals surface area contributed by atoms with Gasteiger partial charge < -0.3 is 5.32 Å². The van der Waals surface area contributed by atoms with Gasteiger partial charge in [0, 0.05) is 12.7 Å². The Kier molecular flexibility index (Phi) is 2.72. The van der Waals surface area contributed by atoms with Crippen LogP contribution < -0.4 is 5.32 Å². The first-order chi connectivity index (χ1) is 7.25. The summed E-state index contributed by atoms with van der Waals surface area (Å²) in [6.45, 7) is 2.81. The molecule has 0 aliphatic heterocycles. The van der Waals surface area contributed by atoms with E-state index in [1.807, 2.05) is 36.9 Å². The van der Waals surface area contributed by atoms with Crippen molar-refractivity contribution < 1.29 is 0 Å². The summed E-state index contributed by atoms with van der Waals surface area (Å²) in [5.74, 6) is 0. The van der Waals surface area contributed by atoms with Crippen molar-refractivity contribution in [2.24, 2.45) is 7.05 Å². The van der Waals surface area contributed by atoms with Gasteiger partial charge in [0.05, 0.1) is 17.9 Å². The van der Waals surface area contributed by atoms with E-state index in [1.54, 1.807) is 0 Å². The van der Waals surface area contributed by atoms with Crippen LogP contribution in [0, 0.1) is 6.92 Å². The number of aromatic nitrogens is 2. The number of rotatable bonds is 3. The van der Waals surface area contributed by atoms with Gasteiger partial charge in [-0.25, -0.2) is 0 Å². The van der Waals surface area contributed by atoms with Crippen molar-refractivity contribution in [2.75, 3.05) is 5.32 Å². The van der Waals surface area contributed by atoms with Crippen LogP contribution >= 0.6 is 0 Å². The number of benzene rings is 1. The van der Waals surface area contributed by atoms with Crippen molar-refractivity contribution in [1.29, 1.82) is 0 Å². The highest BCUT2D eigenvalue weighted by molar-refractivity contribution is 5.42. The van der Waals surface area contributed by atoms with Gasteiger partial charge in [-0.1, -0.05) is 18.2 Å². The van der Waals surface area contributed by atoms with Gasteiger partial charge >= 0.3 is 0 Å². The Morgan fingerprint density at radius 1 is 1.27 bits per heavy atom. The van der Waals surface area contributed by atoms with Crippen LogP contribution in [0.15, 0.2) is 36.4 Å². The smallest absolute Gasteiger partial charge is 0.0597 e. The molecule has 0 bridgehead atoms. The van der Waals surface area contributed by atoms with Crippen molar-refractivity contribution in [3.63, 3.8) is 0 Å². The van der Waals surface area contributed by atoms with Crippen LogP contribution in [0.4, 0.5) is 5.69 Å². The minimum atomic E-state index is 0.807. The molecule has 0 saturated heterocycles. The Morgan fingerprint density at radius 2 is 2.00 bits per heavy atom. The molecule has 0 radical (unpaired) electrons. The largest absolute Gasteiger partial charge is 0.379 e. The molecular weight excluding hydrogens is 186 g/mol. The first-order valence-electron chi connectivity index (χ1n) is 5.04. The molecule has 0 atom stereocenters. The summed E-state index contributed by atoms with van der Waals surface area (Å²) >= 11 is 0. The van der Waals surface area contributed by atoms with Gasteiger partial charge in [-0.2, -0.15) is 5.10 Å². The molecule has 1 aromatic heterocycles. The lowest BCUT2D eigenvalue weighted by atomic mass is 10.3. The normalized spacial score (nSPS) is 10.3. The molecule has 1 heterocycles. The van der Waals surface area contributed by atoms with E-state index in [1.165, 1.54) is 5.69 Å². The average molecular weight is 201 g/mol. The third kappa shape index (κ3) is 2.37. The van der Waals surface area contributed by atoms with Gasteiger partial charge in [0.25, 0.3) is 0 Å². The summed E-state index contributed by atoms with van der Waals surface area (Å²) in [6, 6.07) is 12.3. The topological polar surface area (TPSA) is 29.9 Å². The highest BCUT2D eigenvalue weighted by Gasteiger charge is 2.00. The molecule has 0 fully saturated rings. The van der Waals surface area contributed by atoms with Gasteiger partial charge in [-0.15, -0.1) is 0 Å². The lowest BCUT2D eigenvalue weighted by molar-refractivity contribution is 0.713. The molecule has 78 valence electrons. The highest BCUT2D eigenvalue weighted by atomic mass is 15.3. The Hall–Kier alpha value is -1.77. The second kappa shape index (κ2) is 4.17. The van der Waals surface area contributed by atoms with E-state index in [4.69, 9.17) is 0 Å². The minimum absolute atomic E-state index is 0.807. The number of aryl methyl sites for hydroxylation is 2. The maximum Gasteiger partial charge on any atom is 0.0597 e. The Morgan fingerprint density at radius 3 is 2.60 bits per heavy atom. The van der Waals surface area contributed by atoms with Crippen molar-refractivity contribution in [3.8, 4) is 0 Å². The molecule has 0 unspecified atom stereocenters. The fraction of sp³-hybridized carbons (Fsp3) is 0.250. The first-order valence-corrected chi connectivity index (χ1v) is 5.04. The van der Waals surface area contributed by atoms with Crippen LogP contribution in [-0.4, -0.2) is 9.78 Å². The zero-order valence-electron chi connectivity index (χ0n) is 9.07.